The van der Waals surface area contributed by atoms with Gasteiger partial charge in [0.15, 0.2) is 0 Å². The second kappa shape index (κ2) is 7.33. The predicted octanol–water partition coefficient (Wildman–Crippen LogP) is 3.45. The van der Waals surface area contributed by atoms with Crippen LogP contribution in [-0.4, -0.2) is 40.2 Å². The molecule has 2 heterocycles. The van der Waals surface area contributed by atoms with Crippen LogP contribution in [0.3, 0.4) is 0 Å². The number of ether oxygens (including phenoxy) is 1. The summed E-state index contributed by atoms with van der Waals surface area (Å²) in [5.74, 6) is -0.786. The SMILES string of the molecule is O=C(O)c1ccc(CN2CCC(Oc3ccc(C(F)(F)F)cn3)C2)cc1. The minimum absolute atomic E-state index is 0.141. The van der Waals surface area contributed by atoms with Crippen LogP contribution in [0.4, 0.5) is 13.2 Å². The number of carboxylic acid groups (broad SMARTS) is 1. The van der Waals surface area contributed by atoms with Crippen LogP contribution in [0.2, 0.25) is 0 Å². The zero-order valence-electron chi connectivity index (χ0n) is 13.7. The number of carbonyl (C=O) groups is 1. The van der Waals surface area contributed by atoms with E-state index in [1.807, 2.05) is 0 Å². The fourth-order valence-electron chi connectivity index (χ4n) is 2.84. The smallest absolute Gasteiger partial charge is 0.417 e. The van der Waals surface area contributed by atoms with Crippen molar-refractivity contribution in [3.8, 4) is 5.88 Å². The van der Waals surface area contributed by atoms with Gasteiger partial charge < -0.3 is 9.84 Å². The molecule has 1 unspecified atom stereocenters. The van der Waals surface area contributed by atoms with Crippen molar-refractivity contribution >= 4 is 5.97 Å². The highest BCUT2D eigenvalue weighted by molar-refractivity contribution is 5.87. The molecule has 26 heavy (non-hydrogen) atoms. The lowest BCUT2D eigenvalue weighted by atomic mass is 10.1. The maximum absolute atomic E-state index is 12.5. The van der Waals surface area contributed by atoms with E-state index in [1.165, 1.54) is 6.07 Å². The molecule has 1 aromatic carbocycles. The largest absolute Gasteiger partial charge is 0.478 e. The van der Waals surface area contributed by atoms with E-state index in [0.29, 0.717) is 13.1 Å². The van der Waals surface area contributed by atoms with E-state index in [-0.39, 0.29) is 17.5 Å². The van der Waals surface area contributed by atoms with Crippen LogP contribution in [0.25, 0.3) is 0 Å². The quantitative estimate of drug-likeness (QED) is 0.878. The number of likely N-dealkylation sites (tertiary alicyclic amines) is 1. The molecule has 0 radical (unpaired) electrons. The van der Waals surface area contributed by atoms with Gasteiger partial charge in [-0.05, 0) is 30.2 Å². The van der Waals surface area contributed by atoms with Gasteiger partial charge in [-0.3, -0.25) is 4.90 Å². The van der Waals surface area contributed by atoms with Crippen LogP contribution in [0.5, 0.6) is 5.88 Å². The highest BCUT2D eigenvalue weighted by Gasteiger charge is 2.31. The number of aromatic carboxylic acids is 1. The maximum atomic E-state index is 12.5. The molecule has 0 spiro atoms. The maximum Gasteiger partial charge on any atom is 0.417 e. The number of rotatable bonds is 5. The third kappa shape index (κ3) is 4.51. The standard InChI is InChI=1S/C18H17F3N2O3/c19-18(20,21)14-5-6-16(22-9-14)26-15-7-8-23(11-15)10-12-1-3-13(4-2-12)17(24)25/h1-6,9,15H,7-8,10-11H2,(H,24,25). The van der Waals surface area contributed by atoms with Crippen molar-refractivity contribution in [3.63, 3.8) is 0 Å². The highest BCUT2D eigenvalue weighted by Crippen LogP contribution is 2.29. The fourth-order valence-corrected chi connectivity index (χ4v) is 2.84. The van der Waals surface area contributed by atoms with Crippen LogP contribution in [0, 0.1) is 0 Å². The highest BCUT2D eigenvalue weighted by atomic mass is 19.4. The van der Waals surface area contributed by atoms with Gasteiger partial charge in [-0.25, -0.2) is 9.78 Å². The molecule has 1 aliphatic heterocycles. The molecule has 1 aromatic heterocycles. The number of hydrogen-bond donors (Lipinski definition) is 1. The molecule has 1 atom stereocenters. The van der Waals surface area contributed by atoms with E-state index in [4.69, 9.17) is 9.84 Å². The molecular formula is C18H17F3N2O3. The van der Waals surface area contributed by atoms with E-state index >= 15 is 0 Å². The summed E-state index contributed by atoms with van der Waals surface area (Å²) in [6.07, 6.45) is -3.04. The Morgan fingerprint density at radius 3 is 2.54 bits per heavy atom. The van der Waals surface area contributed by atoms with Crippen molar-refractivity contribution in [3.05, 3.63) is 59.3 Å². The van der Waals surface area contributed by atoms with Crippen molar-refractivity contribution in [2.75, 3.05) is 13.1 Å². The van der Waals surface area contributed by atoms with Crippen LogP contribution in [0.1, 0.15) is 27.9 Å². The Morgan fingerprint density at radius 2 is 1.96 bits per heavy atom. The molecule has 0 amide bonds. The summed E-state index contributed by atoms with van der Waals surface area (Å²) >= 11 is 0. The van der Waals surface area contributed by atoms with Gasteiger partial charge in [0.05, 0.1) is 11.1 Å². The number of nitrogens with zero attached hydrogens (tertiary/aromatic N) is 2. The third-order valence-corrected chi connectivity index (χ3v) is 4.19. The van der Waals surface area contributed by atoms with Crippen molar-refractivity contribution in [1.29, 1.82) is 0 Å². The fraction of sp³-hybridized carbons (Fsp3) is 0.333. The van der Waals surface area contributed by atoms with Crippen LogP contribution < -0.4 is 4.74 Å². The van der Waals surface area contributed by atoms with Gasteiger partial charge in [-0.1, -0.05) is 12.1 Å². The summed E-state index contributed by atoms with van der Waals surface area (Å²) in [5, 5.41) is 8.90. The second-order valence-corrected chi connectivity index (χ2v) is 6.15. The van der Waals surface area contributed by atoms with Gasteiger partial charge in [0.1, 0.15) is 6.10 Å². The Morgan fingerprint density at radius 1 is 1.23 bits per heavy atom. The third-order valence-electron chi connectivity index (χ3n) is 4.19. The van der Waals surface area contributed by atoms with Crippen LogP contribution >= 0.6 is 0 Å². The van der Waals surface area contributed by atoms with Crippen LogP contribution in [0.15, 0.2) is 42.6 Å². The Bertz CT molecular complexity index is 761. The summed E-state index contributed by atoms with van der Waals surface area (Å²) in [4.78, 5) is 16.7. The van der Waals surface area contributed by atoms with Crippen molar-refractivity contribution in [2.45, 2.75) is 25.2 Å². The number of carboxylic acids is 1. The Kier molecular flexibility index (Phi) is 5.13. The topological polar surface area (TPSA) is 62.7 Å². The number of pyridine rings is 1. The van der Waals surface area contributed by atoms with E-state index in [2.05, 4.69) is 9.88 Å². The summed E-state index contributed by atoms with van der Waals surface area (Å²) < 4.78 is 43.3. The number of alkyl halides is 3. The number of halogens is 3. The normalized spacial score (nSPS) is 18.0. The first-order chi connectivity index (χ1) is 12.3. The average molecular weight is 366 g/mol. The summed E-state index contributed by atoms with van der Waals surface area (Å²) in [5.41, 5.74) is 0.427. The van der Waals surface area contributed by atoms with Gasteiger partial charge in [0.25, 0.3) is 0 Å². The molecular weight excluding hydrogens is 349 g/mol. The van der Waals surface area contributed by atoms with E-state index < -0.39 is 17.7 Å². The van der Waals surface area contributed by atoms with Gasteiger partial charge >= 0.3 is 12.1 Å². The summed E-state index contributed by atoms with van der Waals surface area (Å²) in [6, 6.07) is 8.86. The Hall–Kier alpha value is -2.61. The molecule has 3 rings (SSSR count). The lowest BCUT2D eigenvalue weighted by Gasteiger charge is -2.17. The lowest BCUT2D eigenvalue weighted by molar-refractivity contribution is -0.137. The number of benzene rings is 1. The van der Waals surface area contributed by atoms with Gasteiger partial charge in [0, 0.05) is 31.9 Å². The lowest BCUT2D eigenvalue weighted by Crippen LogP contribution is -2.24. The van der Waals surface area contributed by atoms with Crippen molar-refractivity contribution < 1.29 is 27.8 Å². The Labute approximate surface area is 148 Å². The van der Waals surface area contributed by atoms with E-state index in [1.54, 1.807) is 24.3 Å². The van der Waals surface area contributed by atoms with Crippen molar-refractivity contribution in [2.24, 2.45) is 0 Å². The first-order valence-corrected chi connectivity index (χ1v) is 8.06. The summed E-state index contributed by atoms with van der Waals surface area (Å²) in [7, 11) is 0. The predicted molar refractivity (Wildman–Crippen MR) is 87.0 cm³/mol. The Balaban J connectivity index is 1.53. The van der Waals surface area contributed by atoms with E-state index in [0.717, 1.165) is 30.8 Å². The minimum Gasteiger partial charge on any atom is -0.478 e. The minimum atomic E-state index is -4.41. The zero-order chi connectivity index (χ0) is 18.7. The monoisotopic (exact) mass is 366 g/mol. The summed E-state index contributed by atoms with van der Waals surface area (Å²) in [6.45, 7) is 2.07. The van der Waals surface area contributed by atoms with Gasteiger partial charge in [-0.15, -0.1) is 0 Å². The molecule has 5 nitrogen and oxygen atoms in total. The average Bonchev–Trinajstić information content (AvgIpc) is 3.02. The number of hydrogen-bond acceptors (Lipinski definition) is 4. The number of aromatic nitrogens is 1. The molecule has 138 valence electrons. The molecule has 0 saturated carbocycles. The molecule has 0 aliphatic carbocycles. The first-order valence-electron chi connectivity index (χ1n) is 8.06. The molecule has 2 aromatic rings. The van der Waals surface area contributed by atoms with Gasteiger partial charge in [-0.2, -0.15) is 13.2 Å². The van der Waals surface area contributed by atoms with Crippen LogP contribution in [-0.2, 0) is 12.7 Å². The molecule has 8 heteroatoms. The molecule has 1 fully saturated rings. The first kappa shape index (κ1) is 18.2. The molecule has 1 N–H and O–H groups in total. The molecule has 0 bridgehead atoms. The second-order valence-electron chi connectivity index (χ2n) is 6.15. The zero-order valence-corrected chi connectivity index (χ0v) is 13.7. The van der Waals surface area contributed by atoms with Gasteiger partial charge in [0.2, 0.25) is 5.88 Å². The molecule has 1 aliphatic rings. The van der Waals surface area contributed by atoms with E-state index in [9.17, 15) is 18.0 Å². The van der Waals surface area contributed by atoms with Crippen molar-refractivity contribution in [1.82, 2.24) is 9.88 Å². The molecule has 1 saturated heterocycles.